The summed E-state index contributed by atoms with van der Waals surface area (Å²) < 4.78 is 5.20. The zero-order valence-corrected chi connectivity index (χ0v) is 20.4. The number of thioether (sulfide) groups is 1. The van der Waals surface area contributed by atoms with E-state index in [1.807, 2.05) is 37.4 Å². The summed E-state index contributed by atoms with van der Waals surface area (Å²) in [4.78, 5) is 41.0. The van der Waals surface area contributed by atoms with Gasteiger partial charge < -0.3 is 15.2 Å². The Kier molecular flexibility index (Phi) is 9.06. The summed E-state index contributed by atoms with van der Waals surface area (Å²) in [5, 5.41) is 16.6. The van der Waals surface area contributed by atoms with Gasteiger partial charge in [-0.2, -0.15) is 11.8 Å². The molecule has 0 aliphatic carbocycles. The molecule has 0 aliphatic heterocycles. The molecule has 10 heteroatoms. The Hall–Kier alpha value is -3.37. The molecule has 3 rings (SSSR count). The van der Waals surface area contributed by atoms with Crippen LogP contribution in [0.5, 0.6) is 0 Å². The van der Waals surface area contributed by atoms with Crippen molar-refractivity contribution in [3.8, 4) is 11.1 Å². The molecule has 3 aromatic rings. The topological polar surface area (TPSA) is 118 Å². The van der Waals surface area contributed by atoms with Crippen molar-refractivity contribution in [3.63, 3.8) is 0 Å². The number of aliphatic carboxylic acids is 1. The van der Waals surface area contributed by atoms with Gasteiger partial charge in [0.25, 0.3) is 5.91 Å². The number of hydrogen-bond donors (Lipinski definition) is 3. The molecule has 0 unspecified atom stereocenters. The van der Waals surface area contributed by atoms with Crippen molar-refractivity contribution < 1.29 is 24.2 Å². The number of aryl methyl sites for hydroxylation is 1. The number of nitrogens with one attached hydrogen (secondary N) is 2. The maximum absolute atomic E-state index is 13.1. The van der Waals surface area contributed by atoms with Gasteiger partial charge in [-0.3, -0.25) is 10.1 Å². The van der Waals surface area contributed by atoms with E-state index in [9.17, 15) is 19.5 Å². The largest absolute Gasteiger partial charge is 0.480 e. The number of hydrogen-bond acceptors (Lipinski definition) is 7. The first-order chi connectivity index (χ1) is 16.4. The molecule has 1 heterocycles. The number of carboxylic acids is 1. The van der Waals surface area contributed by atoms with Gasteiger partial charge in [-0.05, 0) is 60.2 Å². The molecule has 3 N–H and O–H groups in total. The van der Waals surface area contributed by atoms with E-state index in [0.717, 1.165) is 11.1 Å². The van der Waals surface area contributed by atoms with Crippen LogP contribution in [-0.2, 0) is 16.1 Å². The first kappa shape index (κ1) is 25.3. The van der Waals surface area contributed by atoms with Gasteiger partial charge in [0.05, 0.1) is 11.2 Å². The highest BCUT2D eigenvalue weighted by molar-refractivity contribution is 7.98. The number of anilines is 1. The molecule has 0 saturated heterocycles. The lowest BCUT2D eigenvalue weighted by Crippen LogP contribution is -2.41. The van der Waals surface area contributed by atoms with Crippen molar-refractivity contribution >= 4 is 46.8 Å². The Balaban J connectivity index is 1.85. The Morgan fingerprint density at radius 3 is 2.65 bits per heavy atom. The SMILES string of the molecule is CSCC[C@H](NC(=O)c1ccc(NC(=O)OCc2cscn2)cc1-c1ccccc1C)C(=O)O. The standard InChI is InChI=1S/C24H25N3O5S2/c1-15-5-3-4-6-18(15)20-11-16(26-24(31)32-12-17-13-34-14-25-17)7-8-19(20)22(28)27-21(23(29)30)9-10-33-2/h3-8,11,13-14,21H,9-10,12H2,1-2H3,(H,26,31)(H,27,28)(H,29,30)/t21-/m0/s1. The highest BCUT2D eigenvalue weighted by Gasteiger charge is 2.23. The number of rotatable bonds is 10. The Morgan fingerprint density at radius 2 is 1.97 bits per heavy atom. The Labute approximate surface area is 205 Å². The van der Waals surface area contributed by atoms with Gasteiger partial charge in [-0.15, -0.1) is 11.3 Å². The van der Waals surface area contributed by atoms with Crippen LogP contribution in [-0.4, -0.2) is 46.1 Å². The highest BCUT2D eigenvalue weighted by atomic mass is 32.2. The lowest BCUT2D eigenvalue weighted by Gasteiger charge is -2.18. The van der Waals surface area contributed by atoms with Crippen LogP contribution >= 0.6 is 23.1 Å². The quantitative estimate of drug-likeness (QED) is 0.367. The van der Waals surface area contributed by atoms with Crippen LogP contribution in [0.3, 0.4) is 0 Å². The molecule has 1 aromatic heterocycles. The maximum atomic E-state index is 13.1. The molecule has 0 bridgehead atoms. The molecule has 0 saturated carbocycles. The third-order valence-electron chi connectivity index (χ3n) is 4.99. The van der Waals surface area contributed by atoms with Gasteiger partial charge in [0.2, 0.25) is 0 Å². The fourth-order valence-electron chi connectivity index (χ4n) is 3.25. The van der Waals surface area contributed by atoms with Gasteiger partial charge in [-0.25, -0.2) is 14.6 Å². The van der Waals surface area contributed by atoms with E-state index in [-0.39, 0.29) is 6.61 Å². The minimum absolute atomic E-state index is 0.0487. The predicted molar refractivity (Wildman–Crippen MR) is 134 cm³/mol. The molecule has 1 atom stereocenters. The zero-order valence-electron chi connectivity index (χ0n) is 18.7. The summed E-state index contributed by atoms with van der Waals surface area (Å²) >= 11 is 2.92. The smallest absolute Gasteiger partial charge is 0.412 e. The van der Waals surface area contributed by atoms with E-state index in [4.69, 9.17) is 4.74 Å². The van der Waals surface area contributed by atoms with Gasteiger partial charge in [0, 0.05) is 16.6 Å². The molecule has 8 nitrogen and oxygen atoms in total. The molecule has 2 amide bonds. The van der Waals surface area contributed by atoms with Crippen molar-refractivity contribution in [3.05, 3.63) is 70.2 Å². The predicted octanol–water partition coefficient (Wildman–Crippen LogP) is 4.80. The summed E-state index contributed by atoms with van der Waals surface area (Å²) in [5.41, 5.74) is 5.36. The summed E-state index contributed by atoms with van der Waals surface area (Å²) in [6.07, 6.45) is 1.54. The van der Waals surface area contributed by atoms with Crippen molar-refractivity contribution in [2.24, 2.45) is 0 Å². The van der Waals surface area contributed by atoms with E-state index in [1.54, 1.807) is 29.1 Å². The average molecular weight is 500 g/mol. The minimum atomic E-state index is -1.08. The van der Waals surface area contributed by atoms with Crippen LogP contribution < -0.4 is 10.6 Å². The number of thiazole rings is 1. The molecule has 0 radical (unpaired) electrons. The number of amides is 2. The molecular formula is C24H25N3O5S2. The van der Waals surface area contributed by atoms with Gasteiger partial charge in [0.15, 0.2) is 0 Å². The summed E-state index contributed by atoms with van der Waals surface area (Å²) in [7, 11) is 0. The second kappa shape index (κ2) is 12.2. The lowest BCUT2D eigenvalue weighted by atomic mass is 9.94. The van der Waals surface area contributed by atoms with Crippen LogP contribution in [0.25, 0.3) is 11.1 Å². The number of nitrogens with zero attached hydrogens (tertiary/aromatic N) is 1. The Bertz CT molecular complexity index is 1150. The van der Waals surface area contributed by atoms with Crippen LogP contribution in [0.1, 0.15) is 28.0 Å². The number of benzene rings is 2. The normalized spacial score (nSPS) is 11.5. The van der Waals surface area contributed by atoms with E-state index in [0.29, 0.717) is 34.7 Å². The van der Waals surface area contributed by atoms with Crippen LogP contribution in [0.2, 0.25) is 0 Å². The fourth-order valence-corrected chi connectivity index (χ4v) is 4.26. The number of carboxylic acid groups (broad SMARTS) is 1. The van der Waals surface area contributed by atoms with E-state index >= 15 is 0 Å². The summed E-state index contributed by atoms with van der Waals surface area (Å²) in [6.45, 7) is 1.96. The molecule has 0 aliphatic rings. The maximum Gasteiger partial charge on any atom is 0.412 e. The third kappa shape index (κ3) is 6.82. The van der Waals surface area contributed by atoms with E-state index in [1.165, 1.54) is 23.1 Å². The number of aromatic nitrogens is 1. The van der Waals surface area contributed by atoms with Gasteiger partial charge in [-0.1, -0.05) is 24.3 Å². The summed E-state index contributed by atoms with van der Waals surface area (Å²) in [6, 6.07) is 11.4. The molecule has 2 aromatic carbocycles. The third-order valence-corrected chi connectivity index (χ3v) is 6.27. The zero-order chi connectivity index (χ0) is 24.5. The Morgan fingerprint density at radius 1 is 1.18 bits per heavy atom. The van der Waals surface area contributed by atoms with E-state index < -0.39 is 24.0 Å². The van der Waals surface area contributed by atoms with Crippen molar-refractivity contribution in [2.75, 3.05) is 17.3 Å². The van der Waals surface area contributed by atoms with Crippen LogP contribution in [0.15, 0.2) is 53.4 Å². The highest BCUT2D eigenvalue weighted by Crippen LogP contribution is 2.30. The van der Waals surface area contributed by atoms with Gasteiger partial charge >= 0.3 is 12.1 Å². The first-order valence-corrected chi connectivity index (χ1v) is 12.8. The molecule has 178 valence electrons. The lowest BCUT2D eigenvalue weighted by molar-refractivity contribution is -0.139. The average Bonchev–Trinajstić information content (AvgIpc) is 3.34. The van der Waals surface area contributed by atoms with Crippen LogP contribution in [0, 0.1) is 6.92 Å². The van der Waals surface area contributed by atoms with Crippen molar-refractivity contribution in [1.29, 1.82) is 0 Å². The first-order valence-electron chi connectivity index (χ1n) is 10.4. The van der Waals surface area contributed by atoms with Crippen molar-refractivity contribution in [2.45, 2.75) is 26.0 Å². The number of ether oxygens (including phenoxy) is 1. The molecule has 0 fully saturated rings. The molecule has 34 heavy (non-hydrogen) atoms. The molecule has 0 spiro atoms. The number of carbonyl (C=O) groups excluding carboxylic acids is 2. The second-order valence-electron chi connectivity index (χ2n) is 7.40. The van der Waals surface area contributed by atoms with Crippen molar-refractivity contribution in [1.82, 2.24) is 10.3 Å². The number of carbonyl (C=O) groups is 3. The molecular weight excluding hydrogens is 474 g/mol. The van der Waals surface area contributed by atoms with Crippen LogP contribution in [0.4, 0.5) is 10.5 Å². The van der Waals surface area contributed by atoms with E-state index in [2.05, 4.69) is 15.6 Å². The second-order valence-corrected chi connectivity index (χ2v) is 9.11. The van der Waals surface area contributed by atoms with Gasteiger partial charge in [0.1, 0.15) is 12.6 Å². The fraction of sp³-hybridized carbons (Fsp3) is 0.250. The monoisotopic (exact) mass is 499 g/mol. The summed E-state index contributed by atoms with van der Waals surface area (Å²) in [5.74, 6) is -0.973. The minimum Gasteiger partial charge on any atom is -0.480 e.